The topological polar surface area (TPSA) is 96.5 Å². The summed E-state index contributed by atoms with van der Waals surface area (Å²) < 4.78 is 0. The van der Waals surface area contributed by atoms with Crippen LogP contribution in [0.4, 0.5) is 5.69 Å². The maximum atomic E-state index is 11.8. The fourth-order valence-corrected chi connectivity index (χ4v) is 1.47. The lowest BCUT2D eigenvalue weighted by Crippen LogP contribution is -2.14. The van der Waals surface area contributed by atoms with Crippen LogP contribution in [0, 0.1) is 0 Å². The van der Waals surface area contributed by atoms with Gasteiger partial charge in [0, 0.05) is 5.92 Å². The molecule has 0 bridgehead atoms. The van der Waals surface area contributed by atoms with Crippen LogP contribution in [0.2, 0.25) is 0 Å². The van der Waals surface area contributed by atoms with Crippen LogP contribution in [0.3, 0.4) is 0 Å². The molecule has 86 valence electrons. The summed E-state index contributed by atoms with van der Waals surface area (Å²) in [5, 5.41) is 9.29. The first-order chi connectivity index (χ1) is 8.33. The monoisotopic (exact) mass is 230 g/mol. The molecule has 0 radical (unpaired) electrons. The molecule has 1 saturated carbocycles. The van der Waals surface area contributed by atoms with Gasteiger partial charge in [-0.15, -0.1) is 5.10 Å². The highest BCUT2D eigenvalue weighted by atomic mass is 16.2. The SMILES string of the molecule is O=C(Nc1cncnc1)c1n[nH]c(C2CC2)n1. The molecule has 1 aliphatic carbocycles. The number of hydrogen-bond donors (Lipinski definition) is 2. The Balaban J connectivity index is 1.72. The molecule has 17 heavy (non-hydrogen) atoms. The summed E-state index contributed by atoms with van der Waals surface area (Å²) in [6.07, 6.45) is 6.65. The second-order valence-corrected chi connectivity index (χ2v) is 3.90. The van der Waals surface area contributed by atoms with Crippen LogP contribution in [0.1, 0.15) is 35.2 Å². The molecular formula is C10H10N6O. The fourth-order valence-electron chi connectivity index (χ4n) is 1.47. The van der Waals surface area contributed by atoms with Gasteiger partial charge in [-0.25, -0.2) is 15.0 Å². The smallest absolute Gasteiger partial charge is 0.295 e. The number of carbonyl (C=O) groups excluding carboxylic acids is 1. The molecule has 0 aromatic carbocycles. The number of rotatable bonds is 3. The van der Waals surface area contributed by atoms with E-state index in [2.05, 4.69) is 30.5 Å². The minimum atomic E-state index is -0.358. The van der Waals surface area contributed by atoms with E-state index in [1.165, 1.54) is 18.7 Å². The molecule has 0 aliphatic heterocycles. The van der Waals surface area contributed by atoms with Crippen LogP contribution in [-0.4, -0.2) is 31.1 Å². The molecule has 0 atom stereocenters. The molecule has 2 N–H and O–H groups in total. The van der Waals surface area contributed by atoms with Gasteiger partial charge in [0.25, 0.3) is 5.91 Å². The summed E-state index contributed by atoms with van der Waals surface area (Å²) in [5.41, 5.74) is 0.523. The van der Waals surface area contributed by atoms with Crippen molar-refractivity contribution in [2.45, 2.75) is 18.8 Å². The van der Waals surface area contributed by atoms with Gasteiger partial charge in [-0.2, -0.15) is 0 Å². The number of nitrogens with one attached hydrogen (secondary N) is 2. The highest BCUT2D eigenvalue weighted by Crippen LogP contribution is 2.37. The van der Waals surface area contributed by atoms with Crippen molar-refractivity contribution < 1.29 is 4.79 Å². The summed E-state index contributed by atoms with van der Waals surface area (Å²) in [6, 6.07) is 0. The Bertz CT molecular complexity index is 533. The van der Waals surface area contributed by atoms with Gasteiger partial charge >= 0.3 is 0 Å². The van der Waals surface area contributed by atoms with E-state index < -0.39 is 0 Å². The number of carbonyl (C=O) groups is 1. The summed E-state index contributed by atoms with van der Waals surface area (Å²) in [6.45, 7) is 0. The first kappa shape index (κ1) is 9.88. The number of aromatic amines is 1. The Labute approximate surface area is 96.7 Å². The van der Waals surface area contributed by atoms with E-state index in [1.807, 2.05) is 0 Å². The number of aromatic nitrogens is 5. The second-order valence-electron chi connectivity index (χ2n) is 3.90. The third-order valence-corrected chi connectivity index (χ3v) is 2.49. The molecule has 0 unspecified atom stereocenters. The van der Waals surface area contributed by atoms with Crippen molar-refractivity contribution in [3.63, 3.8) is 0 Å². The van der Waals surface area contributed by atoms with E-state index in [0.29, 0.717) is 11.6 Å². The van der Waals surface area contributed by atoms with Crippen molar-refractivity contribution >= 4 is 11.6 Å². The van der Waals surface area contributed by atoms with Crippen molar-refractivity contribution in [3.8, 4) is 0 Å². The zero-order chi connectivity index (χ0) is 11.7. The number of hydrogen-bond acceptors (Lipinski definition) is 5. The minimum Gasteiger partial charge on any atom is -0.317 e. The van der Waals surface area contributed by atoms with Gasteiger partial charge in [0.05, 0.1) is 18.1 Å². The Hall–Kier alpha value is -2.31. The van der Waals surface area contributed by atoms with Gasteiger partial charge in [0.15, 0.2) is 0 Å². The van der Waals surface area contributed by atoms with Crippen LogP contribution < -0.4 is 5.32 Å². The molecule has 7 heteroatoms. The second kappa shape index (κ2) is 3.93. The van der Waals surface area contributed by atoms with Crippen molar-refractivity contribution in [3.05, 3.63) is 30.4 Å². The Kier molecular flexibility index (Phi) is 2.28. The van der Waals surface area contributed by atoms with Crippen molar-refractivity contribution in [2.75, 3.05) is 5.32 Å². The van der Waals surface area contributed by atoms with Gasteiger partial charge < -0.3 is 5.32 Å². The average Bonchev–Trinajstić information content (AvgIpc) is 3.08. The largest absolute Gasteiger partial charge is 0.317 e. The van der Waals surface area contributed by atoms with Crippen LogP contribution in [0.15, 0.2) is 18.7 Å². The summed E-state index contributed by atoms with van der Waals surface area (Å²) in [7, 11) is 0. The van der Waals surface area contributed by atoms with Gasteiger partial charge in [0.1, 0.15) is 12.2 Å². The van der Waals surface area contributed by atoms with E-state index in [0.717, 1.165) is 18.7 Å². The van der Waals surface area contributed by atoms with Crippen molar-refractivity contribution in [1.29, 1.82) is 0 Å². The number of amides is 1. The van der Waals surface area contributed by atoms with E-state index >= 15 is 0 Å². The highest BCUT2D eigenvalue weighted by Gasteiger charge is 2.28. The number of H-pyrrole nitrogens is 1. The van der Waals surface area contributed by atoms with E-state index in [-0.39, 0.29) is 11.7 Å². The summed E-state index contributed by atoms with van der Waals surface area (Å²) in [4.78, 5) is 23.5. The normalized spacial score (nSPS) is 14.6. The zero-order valence-corrected chi connectivity index (χ0v) is 8.92. The van der Waals surface area contributed by atoms with Crippen LogP contribution in [0.5, 0.6) is 0 Å². The third-order valence-electron chi connectivity index (χ3n) is 2.49. The first-order valence-corrected chi connectivity index (χ1v) is 5.31. The Morgan fingerprint density at radius 3 is 2.82 bits per heavy atom. The maximum absolute atomic E-state index is 11.8. The Morgan fingerprint density at radius 2 is 2.12 bits per heavy atom. The predicted molar refractivity (Wildman–Crippen MR) is 58.3 cm³/mol. The lowest BCUT2D eigenvalue weighted by molar-refractivity contribution is 0.101. The van der Waals surface area contributed by atoms with Crippen molar-refractivity contribution in [1.82, 2.24) is 25.1 Å². The summed E-state index contributed by atoms with van der Waals surface area (Å²) in [5.74, 6) is 1.03. The highest BCUT2D eigenvalue weighted by molar-refractivity contribution is 6.01. The van der Waals surface area contributed by atoms with Gasteiger partial charge in [-0.3, -0.25) is 9.89 Å². The molecule has 2 aromatic heterocycles. The molecule has 0 spiro atoms. The molecule has 1 amide bonds. The minimum absolute atomic E-state index is 0.149. The molecule has 0 saturated heterocycles. The summed E-state index contributed by atoms with van der Waals surface area (Å²) >= 11 is 0. The van der Waals surface area contributed by atoms with Crippen LogP contribution >= 0.6 is 0 Å². The van der Waals surface area contributed by atoms with E-state index in [1.54, 1.807) is 0 Å². The van der Waals surface area contributed by atoms with Gasteiger partial charge in [-0.1, -0.05) is 0 Å². The molecule has 2 heterocycles. The van der Waals surface area contributed by atoms with E-state index in [9.17, 15) is 4.79 Å². The maximum Gasteiger partial charge on any atom is 0.295 e. The lowest BCUT2D eigenvalue weighted by atomic mass is 10.4. The average molecular weight is 230 g/mol. The molecule has 7 nitrogen and oxygen atoms in total. The fraction of sp³-hybridized carbons (Fsp3) is 0.300. The molecular weight excluding hydrogens is 220 g/mol. The molecule has 1 aliphatic rings. The van der Waals surface area contributed by atoms with Gasteiger partial charge in [0.2, 0.25) is 5.82 Å². The first-order valence-electron chi connectivity index (χ1n) is 5.31. The van der Waals surface area contributed by atoms with Gasteiger partial charge in [-0.05, 0) is 12.8 Å². The van der Waals surface area contributed by atoms with Crippen molar-refractivity contribution in [2.24, 2.45) is 0 Å². The molecule has 2 aromatic rings. The Morgan fingerprint density at radius 1 is 1.35 bits per heavy atom. The number of nitrogens with zero attached hydrogens (tertiary/aromatic N) is 4. The molecule has 1 fully saturated rings. The standard InChI is InChI=1S/C10H10N6O/c17-10(13-7-3-11-5-12-4-7)9-14-8(15-16-9)6-1-2-6/h3-6H,1-2H2,(H,13,17)(H,14,15,16). The number of anilines is 1. The third kappa shape index (κ3) is 2.12. The van der Waals surface area contributed by atoms with E-state index in [4.69, 9.17) is 0 Å². The predicted octanol–water partition coefficient (Wildman–Crippen LogP) is 0.724. The molecule has 3 rings (SSSR count). The van der Waals surface area contributed by atoms with Crippen LogP contribution in [-0.2, 0) is 0 Å². The lowest BCUT2D eigenvalue weighted by Gasteiger charge is -1.99. The quantitative estimate of drug-likeness (QED) is 0.810. The zero-order valence-electron chi connectivity index (χ0n) is 8.92. The van der Waals surface area contributed by atoms with Crippen LogP contribution in [0.25, 0.3) is 0 Å².